The molecule has 0 saturated carbocycles. The zero-order chi connectivity index (χ0) is 19.7. The molecular formula is C20H25N5O3. The second kappa shape index (κ2) is 7.61. The van der Waals surface area contributed by atoms with Crippen LogP contribution < -0.4 is 9.47 Å². The maximum Gasteiger partial charge on any atom is 0.230 e. The molecule has 0 spiro atoms. The van der Waals surface area contributed by atoms with E-state index < -0.39 is 0 Å². The van der Waals surface area contributed by atoms with Crippen LogP contribution in [0.25, 0.3) is 11.4 Å². The number of aryl methyl sites for hydroxylation is 1. The summed E-state index contributed by atoms with van der Waals surface area (Å²) in [5.74, 6) is 3.22. The molecule has 0 aliphatic heterocycles. The molecule has 8 heteroatoms. The van der Waals surface area contributed by atoms with E-state index in [1.54, 1.807) is 14.2 Å². The third-order valence-electron chi connectivity index (χ3n) is 5.07. The Morgan fingerprint density at radius 3 is 2.86 bits per heavy atom. The average molecular weight is 383 g/mol. The number of hydrogen-bond acceptors (Lipinski definition) is 7. The van der Waals surface area contributed by atoms with Crippen LogP contribution in [-0.2, 0) is 19.4 Å². The first-order chi connectivity index (χ1) is 13.6. The van der Waals surface area contributed by atoms with Crippen molar-refractivity contribution >= 4 is 0 Å². The Morgan fingerprint density at radius 1 is 1.25 bits per heavy atom. The van der Waals surface area contributed by atoms with Gasteiger partial charge in [-0.05, 0) is 30.9 Å². The maximum absolute atomic E-state index is 5.63. The van der Waals surface area contributed by atoms with Crippen LogP contribution in [0.4, 0.5) is 0 Å². The molecule has 0 radical (unpaired) electrons. The van der Waals surface area contributed by atoms with E-state index in [1.807, 2.05) is 22.9 Å². The predicted octanol–water partition coefficient (Wildman–Crippen LogP) is 3.27. The first-order valence-corrected chi connectivity index (χ1v) is 9.56. The fraction of sp³-hybridized carbons (Fsp3) is 0.500. The highest BCUT2D eigenvalue weighted by molar-refractivity contribution is 5.65. The summed E-state index contributed by atoms with van der Waals surface area (Å²) < 4.78 is 18.4. The summed E-state index contributed by atoms with van der Waals surface area (Å²) in [7, 11) is 3.24. The molecule has 0 saturated heterocycles. The summed E-state index contributed by atoms with van der Waals surface area (Å²) in [5.41, 5.74) is 3.06. The van der Waals surface area contributed by atoms with Gasteiger partial charge in [-0.2, -0.15) is 4.98 Å². The van der Waals surface area contributed by atoms with Crippen molar-refractivity contribution in [2.45, 2.75) is 45.6 Å². The number of fused-ring (bicyclic) bond motifs is 1. The fourth-order valence-electron chi connectivity index (χ4n) is 3.63. The van der Waals surface area contributed by atoms with Gasteiger partial charge in [0.15, 0.2) is 0 Å². The summed E-state index contributed by atoms with van der Waals surface area (Å²) >= 11 is 0. The van der Waals surface area contributed by atoms with Gasteiger partial charge in [0.25, 0.3) is 0 Å². The van der Waals surface area contributed by atoms with Crippen molar-refractivity contribution in [3.05, 3.63) is 35.5 Å². The summed E-state index contributed by atoms with van der Waals surface area (Å²) in [6.07, 6.45) is 2.62. The lowest BCUT2D eigenvalue weighted by Crippen LogP contribution is -2.18. The highest BCUT2D eigenvalue weighted by Gasteiger charge is 2.29. The monoisotopic (exact) mass is 383 g/mol. The SMILES string of the molecule is COc1ccc(-c2noc(C3CCc4nnn(CC(C)C)c4C3)n2)c(OC)c1. The number of benzene rings is 1. The summed E-state index contributed by atoms with van der Waals surface area (Å²) in [6, 6.07) is 5.55. The minimum atomic E-state index is 0.169. The van der Waals surface area contributed by atoms with Crippen molar-refractivity contribution < 1.29 is 14.0 Å². The Labute approximate surface area is 163 Å². The van der Waals surface area contributed by atoms with E-state index in [-0.39, 0.29) is 5.92 Å². The largest absolute Gasteiger partial charge is 0.497 e. The standard InChI is InChI=1S/C20H25N5O3/c1-12(2)11-25-17-9-13(5-8-16(17)22-24-25)20-21-19(23-28-20)15-7-6-14(26-3)10-18(15)27-4/h6-7,10,12-13H,5,8-9,11H2,1-4H3. The smallest absolute Gasteiger partial charge is 0.230 e. The van der Waals surface area contributed by atoms with Gasteiger partial charge in [-0.25, -0.2) is 4.68 Å². The summed E-state index contributed by atoms with van der Waals surface area (Å²) in [5, 5.41) is 12.9. The van der Waals surface area contributed by atoms with Crippen LogP contribution >= 0.6 is 0 Å². The number of hydrogen-bond donors (Lipinski definition) is 0. The first kappa shape index (κ1) is 18.5. The lowest BCUT2D eigenvalue weighted by atomic mass is 9.89. The number of rotatable bonds is 6. The molecular weight excluding hydrogens is 358 g/mol. The predicted molar refractivity (Wildman–Crippen MR) is 102 cm³/mol. The molecule has 2 aromatic heterocycles. The molecule has 2 heterocycles. The number of nitrogens with zero attached hydrogens (tertiary/aromatic N) is 5. The van der Waals surface area contributed by atoms with Gasteiger partial charge in [0.2, 0.25) is 11.7 Å². The Bertz CT molecular complexity index is 963. The molecule has 0 N–H and O–H groups in total. The van der Waals surface area contributed by atoms with Crippen LogP contribution in [0.3, 0.4) is 0 Å². The third kappa shape index (κ3) is 3.46. The zero-order valence-electron chi connectivity index (χ0n) is 16.7. The Hall–Kier alpha value is -2.90. The fourth-order valence-corrected chi connectivity index (χ4v) is 3.63. The van der Waals surface area contributed by atoms with Crippen LogP contribution in [0.1, 0.15) is 43.5 Å². The molecule has 1 aromatic carbocycles. The highest BCUT2D eigenvalue weighted by Crippen LogP contribution is 2.35. The van der Waals surface area contributed by atoms with E-state index in [4.69, 9.17) is 14.0 Å². The average Bonchev–Trinajstić information content (AvgIpc) is 3.34. The topological polar surface area (TPSA) is 88.1 Å². The van der Waals surface area contributed by atoms with E-state index in [0.29, 0.717) is 23.4 Å². The van der Waals surface area contributed by atoms with Crippen molar-refractivity contribution in [2.75, 3.05) is 14.2 Å². The molecule has 1 aliphatic rings. The van der Waals surface area contributed by atoms with Crippen LogP contribution in [0.15, 0.2) is 22.7 Å². The van der Waals surface area contributed by atoms with Crippen molar-refractivity contribution in [1.29, 1.82) is 0 Å². The third-order valence-corrected chi connectivity index (χ3v) is 5.07. The molecule has 0 fully saturated rings. The first-order valence-electron chi connectivity index (χ1n) is 9.56. The van der Waals surface area contributed by atoms with Crippen LogP contribution in [-0.4, -0.2) is 39.4 Å². The molecule has 0 amide bonds. The van der Waals surface area contributed by atoms with Gasteiger partial charge in [0.1, 0.15) is 11.5 Å². The van der Waals surface area contributed by atoms with E-state index in [9.17, 15) is 0 Å². The second-order valence-corrected chi connectivity index (χ2v) is 7.52. The normalized spacial score (nSPS) is 16.2. The van der Waals surface area contributed by atoms with E-state index >= 15 is 0 Å². The molecule has 8 nitrogen and oxygen atoms in total. The number of methoxy groups -OCH3 is 2. The van der Waals surface area contributed by atoms with Gasteiger partial charge in [0.05, 0.1) is 31.2 Å². The van der Waals surface area contributed by atoms with Crippen LogP contribution in [0.5, 0.6) is 11.5 Å². The minimum Gasteiger partial charge on any atom is -0.497 e. The number of aromatic nitrogens is 5. The Kier molecular flexibility index (Phi) is 5.02. The lowest BCUT2D eigenvalue weighted by Gasteiger charge is -2.19. The van der Waals surface area contributed by atoms with Gasteiger partial charge in [-0.15, -0.1) is 5.10 Å². The molecule has 1 atom stereocenters. The van der Waals surface area contributed by atoms with Crippen molar-refractivity contribution in [1.82, 2.24) is 25.1 Å². The van der Waals surface area contributed by atoms with Gasteiger partial charge >= 0.3 is 0 Å². The minimum absolute atomic E-state index is 0.169. The summed E-state index contributed by atoms with van der Waals surface area (Å²) in [4.78, 5) is 4.67. The summed E-state index contributed by atoms with van der Waals surface area (Å²) in [6.45, 7) is 5.23. The molecule has 0 bridgehead atoms. The van der Waals surface area contributed by atoms with E-state index in [2.05, 4.69) is 34.3 Å². The lowest BCUT2D eigenvalue weighted by molar-refractivity contribution is 0.335. The second-order valence-electron chi connectivity index (χ2n) is 7.52. The van der Waals surface area contributed by atoms with Gasteiger partial charge < -0.3 is 14.0 Å². The van der Waals surface area contributed by atoms with Crippen molar-refractivity contribution in [3.8, 4) is 22.9 Å². The molecule has 1 aliphatic carbocycles. The molecule has 3 aromatic rings. The highest BCUT2D eigenvalue weighted by atomic mass is 16.5. The quantitative estimate of drug-likeness (QED) is 0.645. The maximum atomic E-state index is 5.63. The van der Waals surface area contributed by atoms with Crippen LogP contribution in [0, 0.1) is 5.92 Å². The number of ether oxygens (including phenoxy) is 2. The van der Waals surface area contributed by atoms with Crippen molar-refractivity contribution in [3.63, 3.8) is 0 Å². The Morgan fingerprint density at radius 2 is 2.11 bits per heavy atom. The van der Waals surface area contributed by atoms with Crippen molar-refractivity contribution in [2.24, 2.45) is 5.92 Å². The zero-order valence-corrected chi connectivity index (χ0v) is 16.7. The van der Waals surface area contributed by atoms with Gasteiger partial charge in [-0.3, -0.25) is 0 Å². The van der Waals surface area contributed by atoms with Gasteiger partial charge in [-0.1, -0.05) is 24.2 Å². The Balaban J connectivity index is 1.58. The van der Waals surface area contributed by atoms with Gasteiger partial charge in [0, 0.05) is 24.9 Å². The molecule has 1 unspecified atom stereocenters. The molecule has 4 rings (SSSR count). The van der Waals surface area contributed by atoms with E-state index in [1.165, 1.54) is 5.69 Å². The van der Waals surface area contributed by atoms with Crippen LogP contribution in [0.2, 0.25) is 0 Å². The van der Waals surface area contributed by atoms with E-state index in [0.717, 1.165) is 42.8 Å². The molecule has 28 heavy (non-hydrogen) atoms. The molecule has 148 valence electrons.